The van der Waals surface area contributed by atoms with Gasteiger partial charge in [0.15, 0.2) is 10.8 Å². The van der Waals surface area contributed by atoms with Crippen molar-refractivity contribution < 1.29 is 9.47 Å². The van der Waals surface area contributed by atoms with E-state index < -0.39 is 0 Å². The maximum Gasteiger partial charge on any atom is 0.159 e. The van der Waals surface area contributed by atoms with Crippen LogP contribution in [-0.4, -0.2) is 72.2 Å². The number of morpholine rings is 1. The van der Waals surface area contributed by atoms with Gasteiger partial charge in [0.1, 0.15) is 17.9 Å². The van der Waals surface area contributed by atoms with Crippen LogP contribution in [0.5, 0.6) is 5.75 Å². The number of nitrogens with one attached hydrogen (secondary N) is 1. The van der Waals surface area contributed by atoms with Gasteiger partial charge in [-0.05, 0) is 36.4 Å². The smallest absolute Gasteiger partial charge is 0.159 e. The number of nitrogens with zero attached hydrogens (tertiary/aromatic N) is 5. The molecule has 4 aromatic rings. The molecule has 0 aliphatic carbocycles. The van der Waals surface area contributed by atoms with E-state index >= 15 is 0 Å². The number of nitrogens with two attached hydrogens (primary N) is 1. The Balaban J connectivity index is 1.43. The first-order chi connectivity index (χ1) is 16.2. The highest BCUT2D eigenvalue weighted by atomic mass is 32.1. The van der Waals surface area contributed by atoms with Crippen molar-refractivity contribution in [3.05, 3.63) is 47.7 Å². The molecule has 33 heavy (non-hydrogen) atoms. The van der Waals surface area contributed by atoms with Crippen LogP contribution in [0.3, 0.4) is 0 Å². The number of hydrogen-bond donors (Lipinski definition) is 2. The molecule has 0 atom stereocenters. The number of aromatic nitrogens is 3. The zero-order valence-corrected chi connectivity index (χ0v) is 19.1. The molecule has 0 saturated carbocycles. The number of fused-ring (bicyclic) bond motifs is 3. The molecule has 1 aliphatic rings. The molecule has 3 heterocycles. The normalized spacial score (nSPS) is 15.2. The van der Waals surface area contributed by atoms with Crippen LogP contribution in [0, 0.1) is 0 Å². The molecule has 2 aromatic heterocycles. The Morgan fingerprint density at radius 2 is 1.94 bits per heavy atom. The van der Waals surface area contributed by atoms with Crippen LogP contribution in [0.1, 0.15) is 5.01 Å². The average Bonchev–Trinajstić information content (AvgIpc) is 3.30. The third-order valence-electron chi connectivity index (χ3n) is 5.53. The molecule has 0 bridgehead atoms. The summed E-state index contributed by atoms with van der Waals surface area (Å²) in [6.45, 7) is 4.93. The predicted octanol–water partition coefficient (Wildman–Crippen LogP) is 3.03. The van der Waals surface area contributed by atoms with E-state index in [1.54, 1.807) is 13.4 Å². The average molecular weight is 464 g/mol. The summed E-state index contributed by atoms with van der Waals surface area (Å²) < 4.78 is 11.6. The van der Waals surface area contributed by atoms with Gasteiger partial charge in [-0.2, -0.15) is 0 Å². The van der Waals surface area contributed by atoms with Gasteiger partial charge in [0.2, 0.25) is 0 Å². The minimum atomic E-state index is 0.458. The van der Waals surface area contributed by atoms with Crippen molar-refractivity contribution in [2.45, 2.75) is 0 Å². The van der Waals surface area contributed by atoms with E-state index in [0.29, 0.717) is 23.2 Å². The van der Waals surface area contributed by atoms with Gasteiger partial charge in [-0.15, -0.1) is 11.3 Å². The highest BCUT2D eigenvalue weighted by Crippen LogP contribution is 2.34. The standard InChI is InChI=1S/C23H25N7O2S/c1-31-16-4-2-15(3-5-16)28-22-19-17(26-14-27-22)6-7-18-20(19)33-23(29-18)21(24)25-8-9-30-10-12-32-13-11-30/h2-7,14H,8-13H2,1H3,(H2,24,25)(H,26,27,28). The second-order valence-electron chi connectivity index (χ2n) is 7.62. The lowest BCUT2D eigenvalue weighted by Crippen LogP contribution is -2.38. The van der Waals surface area contributed by atoms with Crippen LogP contribution in [0.15, 0.2) is 47.7 Å². The van der Waals surface area contributed by atoms with Crippen molar-refractivity contribution in [3.8, 4) is 5.75 Å². The number of aliphatic imine (C=N–C) groups is 1. The topological polar surface area (TPSA) is 111 Å². The molecule has 0 spiro atoms. The molecular formula is C23H25N7O2S. The van der Waals surface area contributed by atoms with Crippen LogP contribution in [-0.2, 0) is 4.74 Å². The number of methoxy groups -OCH3 is 1. The van der Waals surface area contributed by atoms with E-state index in [4.69, 9.17) is 20.2 Å². The first kappa shape index (κ1) is 21.5. The number of hydrogen-bond acceptors (Lipinski definition) is 9. The monoisotopic (exact) mass is 463 g/mol. The lowest BCUT2D eigenvalue weighted by atomic mass is 10.2. The summed E-state index contributed by atoms with van der Waals surface area (Å²) in [6, 6.07) is 11.6. The largest absolute Gasteiger partial charge is 0.497 e. The fraction of sp³-hybridized carbons (Fsp3) is 0.304. The third kappa shape index (κ3) is 4.72. The number of rotatable bonds is 7. The second-order valence-corrected chi connectivity index (χ2v) is 8.62. The Morgan fingerprint density at radius 1 is 1.15 bits per heavy atom. The van der Waals surface area contributed by atoms with Crippen molar-refractivity contribution in [1.29, 1.82) is 0 Å². The van der Waals surface area contributed by atoms with Crippen LogP contribution >= 0.6 is 11.3 Å². The van der Waals surface area contributed by atoms with E-state index in [2.05, 4.69) is 25.2 Å². The van der Waals surface area contributed by atoms with Crippen molar-refractivity contribution in [1.82, 2.24) is 19.9 Å². The molecule has 1 saturated heterocycles. The zero-order valence-electron chi connectivity index (χ0n) is 18.3. The highest BCUT2D eigenvalue weighted by molar-refractivity contribution is 7.21. The van der Waals surface area contributed by atoms with Gasteiger partial charge < -0.3 is 20.5 Å². The predicted molar refractivity (Wildman–Crippen MR) is 132 cm³/mol. The first-order valence-corrected chi connectivity index (χ1v) is 11.6. The second kappa shape index (κ2) is 9.65. The summed E-state index contributed by atoms with van der Waals surface area (Å²) in [5.41, 5.74) is 8.90. The summed E-state index contributed by atoms with van der Waals surface area (Å²) in [5, 5.41) is 5.01. The number of benzene rings is 2. The minimum absolute atomic E-state index is 0.458. The summed E-state index contributed by atoms with van der Waals surface area (Å²) in [5.74, 6) is 1.97. The van der Waals surface area contributed by atoms with Gasteiger partial charge in [-0.25, -0.2) is 15.0 Å². The van der Waals surface area contributed by atoms with Crippen molar-refractivity contribution in [2.75, 3.05) is 51.8 Å². The van der Waals surface area contributed by atoms with Gasteiger partial charge >= 0.3 is 0 Å². The van der Waals surface area contributed by atoms with Crippen LogP contribution in [0.2, 0.25) is 0 Å². The van der Waals surface area contributed by atoms with E-state index in [1.807, 2.05) is 36.4 Å². The zero-order chi connectivity index (χ0) is 22.6. The number of thiazole rings is 1. The fourth-order valence-electron chi connectivity index (χ4n) is 3.75. The maximum atomic E-state index is 6.30. The Morgan fingerprint density at radius 3 is 2.73 bits per heavy atom. The van der Waals surface area contributed by atoms with E-state index in [9.17, 15) is 0 Å². The highest BCUT2D eigenvalue weighted by Gasteiger charge is 2.15. The Bertz CT molecular complexity index is 1280. The fourth-order valence-corrected chi connectivity index (χ4v) is 4.78. The van der Waals surface area contributed by atoms with Gasteiger partial charge in [-0.1, -0.05) is 0 Å². The molecule has 9 nitrogen and oxygen atoms in total. The van der Waals surface area contributed by atoms with E-state index in [0.717, 1.165) is 65.4 Å². The SMILES string of the molecule is COc1ccc(Nc2ncnc3ccc4nc(C(N)=NCCN5CCOCC5)sc4c23)cc1. The molecule has 1 aliphatic heterocycles. The van der Waals surface area contributed by atoms with Crippen molar-refractivity contribution >= 4 is 49.8 Å². The van der Waals surface area contributed by atoms with Crippen molar-refractivity contribution in [2.24, 2.45) is 10.7 Å². The molecular weight excluding hydrogens is 438 g/mol. The molecule has 0 unspecified atom stereocenters. The lowest BCUT2D eigenvalue weighted by molar-refractivity contribution is 0.0394. The van der Waals surface area contributed by atoms with Crippen LogP contribution in [0.4, 0.5) is 11.5 Å². The molecule has 170 valence electrons. The Kier molecular flexibility index (Phi) is 6.29. The van der Waals surface area contributed by atoms with Crippen LogP contribution in [0.25, 0.3) is 21.1 Å². The van der Waals surface area contributed by atoms with Gasteiger partial charge in [0, 0.05) is 25.3 Å². The summed E-state index contributed by atoms with van der Waals surface area (Å²) in [4.78, 5) is 20.6. The van der Waals surface area contributed by atoms with Crippen LogP contribution < -0.4 is 15.8 Å². The summed E-state index contributed by atoms with van der Waals surface area (Å²) in [7, 11) is 1.65. The lowest BCUT2D eigenvalue weighted by Gasteiger charge is -2.25. The van der Waals surface area contributed by atoms with E-state index in [1.165, 1.54) is 11.3 Å². The first-order valence-electron chi connectivity index (χ1n) is 10.8. The molecule has 3 N–H and O–H groups in total. The Hall–Kier alpha value is -3.34. The third-order valence-corrected chi connectivity index (χ3v) is 6.64. The molecule has 1 fully saturated rings. The summed E-state index contributed by atoms with van der Waals surface area (Å²) in [6.07, 6.45) is 1.56. The van der Waals surface area contributed by atoms with Gasteiger partial charge in [0.25, 0.3) is 0 Å². The maximum absolute atomic E-state index is 6.30. The molecule has 0 amide bonds. The van der Waals surface area contributed by atoms with Crippen molar-refractivity contribution in [3.63, 3.8) is 0 Å². The quantitative estimate of drug-likeness (QED) is 0.318. The minimum Gasteiger partial charge on any atom is -0.497 e. The summed E-state index contributed by atoms with van der Waals surface area (Å²) >= 11 is 1.51. The number of amidine groups is 1. The number of anilines is 2. The van der Waals surface area contributed by atoms with E-state index in [-0.39, 0.29) is 0 Å². The number of ether oxygens (including phenoxy) is 2. The molecule has 10 heteroatoms. The molecule has 2 aromatic carbocycles. The molecule has 0 radical (unpaired) electrons. The molecule has 5 rings (SSSR count). The van der Waals surface area contributed by atoms with Gasteiger partial charge in [0.05, 0.1) is 48.0 Å². The Labute approximate surface area is 195 Å². The van der Waals surface area contributed by atoms with Gasteiger partial charge in [-0.3, -0.25) is 9.89 Å².